The van der Waals surface area contributed by atoms with Crippen molar-refractivity contribution < 1.29 is 13.6 Å². The van der Waals surface area contributed by atoms with Crippen LogP contribution in [-0.4, -0.2) is 39.4 Å². The Morgan fingerprint density at radius 2 is 1.62 bits per heavy atom. The minimum absolute atomic E-state index is 0.00631. The fourth-order valence-corrected chi connectivity index (χ4v) is 4.59. The van der Waals surface area contributed by atoms with Crippen molar-refractivity contribution >= 4 is 5.91 Å². The summed E-state index contributed by atoms with van der Waals surface area (Å²) in [6.07, 6.45) is 1.96. The summed E-state index contributed by atoms with van der Waals surface area (Å²) >= 11 is 0. The van der Waals surface area contributed by atoms with E-state index in [1.807, 2.05) is 29.3 Å². The smallest absolute Gasteiger partial charge is 0.271 e. The maximum atomic E-state index is 13.6. The molecule has 1 saturated heterocycles. The lowest BCUT2D eigenvalue weighted by Gasteiger charge is -2.38. The van der Waals surface area contributed by atoms with Crippen LogP contribution in [0.5, 0.6) is 0 Å². The first-order valence-electron chi connectivity index (χ1n) is 9.77. The number of carbonyl (C=O) groups is 1. The summed E-state index contributed by atoms with van der Waals surface area (Å²) < 4.78 is 28.9. The molecule has 6 heteroatoms. The standard InChI is InChI=1S/C23H21F2N3O/c24-18-8-6-16(7-9-18)13-28-22-15-26(12-17-3-1-4-19(25)11-17)14-21(22)27-10-2-5-20(27)23(28)29/h1-11,21-22H,12-15H2. The molecule has 0 N–H and O–H groups in total. The van der Waals surface area contributed by atoms with Gasteiger partial charge in [0.25, 0.3) is 5.91 Å². The molecule has 3 heterocycles. The van der Waals surface area contributed by atoms with Gasteiger partial charge in [0.05, 0.1) is 12.1 Å². The molecule has 148 valence electrons. The van der Waals surface area contributed by atoms with E-state index in [0.717, 1.165) is 17.7 Å². The van der Waals surface area contributed by atoms with Gasteiger partial charge in [-0.05, 0) is 47.5 Å². The monoisotopic (exact) mass is 393 g/mol. The number of amides is 1. The van der Waals surface area contributed by atoms with E-state index in [1.54, 1.807) is 24.3 Å². The number of aromatic nitrogens is 1. The lowest BCUT2D eigenvalue weighted by molar-refractivity contribution is 0.0556. The molecule has 1 aromatic heterocycles. The van der Waals surface area contributed by atoms with E-state index in [1.165, 1.54) is 18.2 Å². The maximum Gasteiger partial charge on any atom is 0.271 e. The van der Waals surface area contributed by atoms with E-state index < -0.39 is 0 Å². The van der Waals surface area contributed by atoms with Crippen LogP contribution >= 0.6 is 0 Å². The molecule has 4 nitrogen and oxygen atoms in total. The van der Waals surface area contributed by atoms with Crippen LogP contribution in [0.4, 0.5) is 8.78 Å². The molecule has 0 aliphatic carbocycles. The summed E-state index contributed by atoms with van der Waals surface area (Å²) in [5.41, 5.74) is 2.51. The predicted octanol–water partition coefficient (Wildman–Crippen LogP) is 3.85. The highest BCUT2D eigenvalue weighted by molar-refractivity contribution is 5.94. The lowest BCUT2D eigenvalue weighted by atomic mass is 10.0. The first-order valence-corrected chi connectivity index (χ1v) is 9.77. The highest BCUT2D eigenvalue weighted by atomic mass is 19.1. The van der Waals surface area contributed by atoms with E-state index in [-0.39, 0.29) is 29.6 Å². The Morgan fingerprint density at radius 1 is 0.828 bits per heavy atom. The molecule has 0 bridgehead atoms. The zero-order valence-electron chi connectivity index (χ0n) is 15.8. The van der Waals surface area contributed by atoms with Crippen LogP contribution in [0.25, 0.3) is 0 Å². The van der Waals surface area contributed by atoms with Gasteiger partial charge in [-0.1, -0.05) is 24.3 Å². The largest absolute Gasteiger partial charge is 0.337 e. The number of fused-ring (bicyclic) bond motifs is 3. The molecule has 0 saturated carbocycles. The normalized spacial score (nSPS) is 21.3. The highest BCUT2D eigenvalue weighted by Crippen LogP contribution is 2.35. The van der Waals surface area contributed by atoms with E-state index >= 15 is 0 Å². The molecular weight excluding hydrogens is 372 g/mol. The number of benzene rings is 2. The van der Waals surface area contributed by atoms with E-state index in [2.05, 4.69) is 9.47 Å². The average Bonchev–Trinajstić information content (AvgIpc) is 3.34. The van der Waals surface area contributed by atoms with Crippen LogP contribution in [-0.2, 0) is 13.1 Å². The number of rotatable bonds is 4. The Morgan fingerprint density at radius 3 is 2.41 bits per heavy atom. The number of likely N-dealkylation sites (tertiary alicyclic amines) is 1. The molecule has 2 aliphatic rings. The van der Waals surface area contributed by atoms with Crippen molar-refractivity contribution in [3.63, 3.8) is 0 Å². The van der Waals surface area contributed by atoms with Crippen LogP contribution in [0, 0.1) is 11.6 Å². The lowest BCUT2D eigenvalue weighted by Crippen LogP contribution is -2.49. The van der Waals surface area contributed by atoms with Crippen LogP contribution in [0.3, 0.4) is 0 Å². The molecule has 1 fully saturated rings. The highest BCUT2D eigenvalue weighted by Gasteiger charge is 2.44. The van der Waals surface area contributed by atoms with Gasteiger partial charge in [-0.15, -0.1) is 0 Å². The van der Waals surface area contributed by atoms with Gasteiger partial charge in [-0.3, -0.25) is 9.69 Å². The zero-order valence-corrected chi connectivity index (χ0v) is 15.8. The molecule has 1 amide bonds. The van der Waals surface area contributed by atoms with Crippen molar-refractivity contribution in [2.24, 2.45) is 0 Å². The van der Waals surface area contributed by atoms with Gasteiger partial charge in [0.1, 0.15) is 17.3 Å². The van der Waals surface area contributed by atoms with Crippen molar-refractivity contribution in [3.05, 3.63) is 95.3 Å². The Bertz CT molecular complexity index is 1050. The van der Waals surface area contributed by atoms with Gasteiger partial charge in [-0.25, -0.2) is 8.78 Å². The van der Waals surface area contributed by atoms with E-state index in [0.29, 0.717) is 25.3 Å². The molecule has 3 aromatic rings. The summed E-state index contributed by atoms with van der Waals surface area (Å²) in [4.78, 5) is 17.3. The van der Waals surface area contributed by atoms with E-state index in [9.17, 15) is 13.6 Å². The molecule has 0 radical (unpaired) electrons. The van der Waals surface area contributed by atoms with Crippen molar-refractivity contribution in [3.8, 4) is 0 Å². The second-order valence-corrected chi connectivity index (χ2v) is 7.82. The fraction of sp³-hybridized carbons (Fsp3) is 0.261. The van der Waals surface area contributed by atoms with Gasteiger partial charge in [-0.2, -0.15) is 0 Å². The minimum atomic E-state index is -0.285. The first-order chi connectivity index (χ1) is 14.1. The third kappa shape index (κ3) is 3.34. The fourth-order valence-electron chi connectivity index (χ4n) is 4.59. The maximum absolute atomic E-state index is 13.6. The molecule has 2 atom stereocenters. The molecule has 2 unspecified atom stereocenters. The Balaban J connectivity index is 1.42. The molecular formula is C23H21F2N3O. The number of hydrogen-bond acceptors (Lipinski definition) is 2. The molecule has 0 spiro atoms. The molecule has 5 rings (SSSR count). The second kappa shape index (κ2) is 7.12. The van der Waals surface area contributed by atoms with Crippen LogP contribution in [0.2, 0.25) is 0 Å². The van der Waals surface area contributed by atoms with Gasteiger partial charge < -0.3 is 9.47 Å². The van der Waals surface area contributed by atoms with Crippen LogP contribution in [0.15, 0.2) is 66.9 Å². The van der Waals surface area contributed by atoms with Gasteiger partial charge in [0.2, 0.25) is 0 Å². The molecule has 2 aromatic carbocycles. The topological polar surface area (TPSA) is 28.5 Å². The summed E-state index contributed by atoms with van der Waals surface area (Å²) in [7, 11) is 0. The van der Waals surface area contributed by atoms with Crippen molar-refractivity contribution in [1.82, 2.24) is 14.4 Å². The van der Waals surface area contributed by atoms with Crippen LogP contribution < -0.4 is 0 Å². The summed E-state index contributed by atoms with van der Waals surface area (Å²) in [5, 5.41) is 0. The zero-order chi connectivity index (χ0) is 20.0. The third-order valence-corrected chi connectivity index (χ3v) is 5.91. The van der Waals surface area contributed by atoms with Gasteiger partial charge in [0, 0.05) is 32.4 Å². The summed E-state index contributed by atoms with van der Waals surface area (Å²) in [5.74, 6) is -0.527. The Labute approximate surface area is 168 Å². The number of halogens is 2. The van der Waals surface area contributed by atoms with Crippen molar-refractivity contribution in [1.29, 1.82) is 0 Å². The quantitative estimate of drug-likeness (QED) is 0.674. The van der Waals surface area contributed by atoms with E-state index in [4.69, 9.17) is 0 Å². The Kier molecular flexibility index (Phi) is 4.43. The molecule has 29 heavy (non-hydrogen) atoms. The van der Waals surface area contributed by atoms with Crippen LogP contribution in [0.1, 0.15) is 27.7 Å². The molecule has 2 aliphatic heterocycles. The first kappa shape index (κ1) is 18.1. The minimum Gasteiger partial charge on any atom is -0.337 e. The van der Waals surface area contributed by atoms with Gasteiger partial charge in [0.15, 0.2) is 0 Å². The number of hydrogen-bond donors (Lipinski definition) is 0. The number of nitrogens with zero attached hydrogens (tertiary/aromatic N) is 3. The third-order valence-electron chi connectivity index (χ3n) is 5.91. The number of carbonyl (C=O) groups excluding carboxylic acids is 1. The van der Waals surface area contributed by atoms with Crippen molar-refractivity contribution in [2.75, 3.05) is 13.1 Å². The van der Waals surface area contributed by atoms with Gasteiger partial charge >= 0.3 is 0 Å². The average molecular weight is 393 g/mol. The summed E-state index contributed by atoms with van der Waals surface area (Å²) in [6, 6.07) is 16.9. The Hall–Kier alpha value is -2.99. The summed E-state index contributed by atoms with van der Waals surface area (Å²) in [6.45, 7) is 2.58. The van der Waals surface area contributed by atoms with Crippen molar-refractivity contribution in [2.45, 2.75) is 25.2 Å². The SMILES string of the molecule is O=C1c2cccn2C2CN(Cc3cccc(F)c3)CC2N1Cc1ccc(F)cc1. The second-order valence-electron chi connectivity index (χ2n) is 7.82. The predicted molar refractivity (Wildman–Crippen MR) is 105 cm³/mol.